The second-order valence-corrected chi connectivity index (χ2v) is 8.27. The van der Waals surface area contributed by atoms with E-state index >= 15 is 0 Å². The highest BCUT2D eigenvalue weighted by Crippen LogP contribution is 2.38. The van der Waals surface area contributed by atoms with Crippen molar-refractivity contribution in [3.05, 3.63) is 54.0 Å². The largest absolute Gasteiger partial charge is 0.459 e. The fourth-order valence-electron chi connectivity index (χ4n) is 2.85. The molecular weight excluding hydrogens is 342 g/mol. The molecule has 2 N–H and O–H groups in total. The van der Waals surface area contributed by atoms with Gasteiger partial charge in [0.1, 0.15) is 0 Å². The minimum atomic E-state index is -3.50. The van der Waals surface area contributed by atoms with Crippen LogP contribution in [0.2, 0.25) is 0 Å². The molecule has 2 heterocycles. The number of hydrogen-bond acceptors (Lipinski definition) is 7. The second kappa shape index (κ2) is 5.82. The van der Waals surface area contributed by atoms with E-state index in [1.165, 1.54) is 6.26 Å². The van der Waals surface area contributed by atoms with E-state index in [0.717, 1.165) is 19.3 Å². The summed E-state index contributed by atoms with van der Waals surface area (Å²) >= 11 is 0. The number of furan rings is 1. The smallest absolute Gasteiger partial charge is 0.294 e. The van der Waals surface area contributed by atoms with Crippen molar-refractivity contribution in [2.24, 2.45) is 5.73 Å². The zero-order chi connectivity index (χ0) is 17.5. The number of nitrogens with zero attached hydrogens (tertiary/aromatic N) is 2. The molecule has 25 heavy (non-hydrogen) atoms. The van der Waals surface area contributed by atoms with Crippen LogP contribution in [0.5, 0.6) is 0 Å². The maximum absolute atomic E-state index is 12.6. The highest BCUT2D eigenvalue weighted by atomic mass is 32.2. The van der Waals surface area contributed by atoms with Crippen molar-refractivity contribution in [2.45, 2.75) is 35.4 Å². The Kier molecular flexibility index (Phi) is 3.73. The molecule has 7 nitrogen and oxygen atoms in total. The van der Waals surface area contributed by atoms with Crippen LogP contribution in [0, 0.1) is 0 Å². The first kappa shape index (κ1) is 16.0. The third-order valence-corrected chi connectivity index (χ3v) is 6.19. The van der Waals surface area contributed by atoms with Gasteiger partial charge in [0.2, 0.25) is 0 Å². The second-order valence-electron chi connectivity index (χ2n) is 6.28. The van der Waals surface area contributed by atoms with E-state index in [-0.39, 0.29) is 22.3 Å². The molecule has 0 bridgehead atoms. The van der Waals surface area contributed by atoms with Gasteiger partial charge in [-0.25, -0.2) is 8.42 Å². The quantitative estimate of drug-likeness (QED) is 0.745. The van der Waals surface area contributed by atoms with Gasteiger partial charge >= 0.3 is 0 Å². The van der Waals surface area contributed by atoms with Gasteiger partial charge < -0.3 is 14.7 Å². The Morgan fingerprint density at radius 3 is 2.60 bits per heavy atom. The molecule has 0 aliphatic heterocycles. The number of nitrogens with two attached hydrogens (primary N) is 1. The molecule has 0 unspecified atom stereocenters. The SMILES string of the molecule is NC1(c2noc(-c3occc3CS(=O)(=O)c3ccccc3)n2)CCC1. The molecule has 0 amide bonds. The fourth-order valence-corrected chi connectivity index (χ4v) is 4.23. The van der Waals surface area contributed by atoms with Crippen LogP contribution in [0.25, 0.3) is 11.7 Å². The highest BCUT2D eigenvalue weighted by molar-refractivity contribution is 7.90. The molecule has 3 aromatic rings. The summed E-state index contributed by atoms with van der Waals surface area (Å²) in [4.78, 5) is 4.57. The van der Waals surface area contributed by atoms with Gasteiger partial charge in [0.25, 0.3) is 5.89 Å². The summed E-state index contributed by atoms with van der Waals surface area (Å²) in [5.74, 6) is 0.632. The summed E-state index contributed by atoms with van der Waals surface area (Å²) in [6.45, 7) is 0. The van der Waals surface area contributed by atoms with Gasteiger partial charge in [-0.1, -0.05) is 23.4 Å². The zero-order valence-electron chi connectivity index (χ0n) is 13.4. The van der Waals surface area contributed by atoms with Crippen molar-refractivity contribution in [1.82, 2.24) is 10.1 Å². The van der Waals surface area contributed by atoms with Crippen molar-refractivity contribution in [2.75, 3.05) is 0 Å². The van der Waals surface area contributed by atoms with Gasteiger partial charge in [0.15, 0.2) is 21.4 Å². The van der Waals surface area contributed by atoms with Gasteiger partial charge in [0, 0.05) is 5.56 Å². The molecule has 1 fully saturated rings. The van der Waals surface area contributed by atoms with Gasteiger partial charge in [-0.05, 0) is 37.5 Å². The number of rotatable bonds is 5. The Hall–Kier alpha value is -2.45. The van der Waals surface area contributed by atoms with Crippen LogP contribution < -0.4 is 5.73 Å². The Balaban J connectivity index is 1.63. The molecule has 130 valence electrons. The number of aromatic nitrogens is 2. The minimum absolute atomic E-state index is 0.148. The first-order valence-electron chi connectivity index (χ1n) is 7.96. The molecule has 1 aromatic carbocycles. The van der Waals surface area contributed by atoms with Crippen LogP contribution in [-0.4, -0.2) is 18.6 Å². The molecule has 0 saturated heterocycles. The minimum Gasteiger partial charge on any atom is -0.459 e. The lowest BCUT2D eigenvalue weighted by atomic mass is 9.77. The highest BCUT2D eigenvalue weighted by Gasteiger charge is 2.39. The van der Waals surface area contributed by atoms with Gasteiger partial charge in [-0.2, -0.15) is 4.98 Å². The van der Waals surface area contributed by atoms with E-state index in [2.05, 4.69) is 10.1 Å². The van der Waals surface area contributed by atoms with E-state index in [0.29, 0.717) is 11.4 Å². The predicted molar refractivity (Wildman–Crippen MR) is 89.0 cm³/mol. The molecular formula is C17H17N3O4S. The summed E-state index contributed by atoms with van der Waals surface area (Å²) < 4.78 is 35.8. The first-order chi connectivity index (χ1) is 12.0. The average Bonchev–Trinajstić information content (AvgIpc) is 3.22. The molecule has 1 aliphatic rings. The maximum Gasteiger partial charge on any atom is 0.294 e. The number of hydrogen-bond donors (Lipinski definition) is 1. The molecule has 1 aliphatic carbocycles. The lowest BCUT2D eigenvalue weighted by Gasteiger charge is -2.34. The lowest BCUT2D eigenvalue weighted by molar-refractivity contribution is 0.229. The van der Waals surface area contributed by atoms with Gasteiger partial charge in [-0.15, -0.1) is 0 Å². The van der Waals surface area contributed by atoms with Crippen molar-refractivity contribution in [3.63, 3.8) is 0 Å². The standard InChI is InChI=1S/C17H17N3O4S/c18-17(8-4-9-17)16-19-15(24-20-16)14-12(7-10-23-14)11-25(21,22)13-5-2-1-3-6-13/h1-3,5-7,10H,4,8-9,11,18H2. The van der Waals surface area contributed by atoms with Crippen LogP contribution in [0.4, 0.5) is 0 Å². The summed E-state index contributed by atoms with van der Waals surface area (Å²) in [6, 6.07) is 9.87. The Morgan fingerprint density at radius 1 is 1.16 bits per heavy atom. The Bertz CT molecular complexity index is 988. The van der Waals surface area contributed by atoms with Crippen LogP contribution in [0.3, 0.4) is 0 Å². The number of benzene rings is 1. The third-order valence-electron chi connectivity index (χ3n) is 4.51. The Labute approximate surface area is 144 Å². The van der Waals surface area contributed by atoms with E-state index < -0.39 is 15.4 Å². The predicted octanol–water partition coefficient (Wildman–Crippen LogP) is 2.64. The van der Waals surface area contributed by atoms with Gasteiger partial charge in [-0.3, -0.25) is 0 Å². The summed E-state index contributed by atoms with van der Waals surface area (Å²) in [6.07, 6.45) is 4.05. The summed E-state index contributed by atoms with van der Waals surface area (Å²) in [5.41, 5.74) is 6.12. The molecule has 2 aromatic heterocycles. The van der Waals surface area contributed by atoms with Crippen LogP contribution in [-0.2, 0) is 21.1 Å². The zero-order valence-corrected chi connectivity index (χ0v) is 14.2. The molecule has 0 atom stereocenters. The molecule has 1 saturated carbocycles. The van der Waals surface area contributed by atoms with E-state index in [1.54, 1.807) is 36.4 Å². The number of sulfone groups is 1. The third kappa shape index (κ3) is 2.87. The van der Waals surface area contributed by atoms with E-state index in [4.69, 9.17) is 14.7 Å². The monoisotopic (exact) mass is 359 g/mol. The Morgan fingerprint density at radius 2 is 1.92 bits per heavy atom. The van der Waals surface area contributed by atoms with Crippen molar-refractivity contribution in [1.29, 1.82) is 0 Å². The maximum atomic E-state index is 12.6. The van der Waals surface area contributed by atoms with Crippen LogP contribution in [0.15, 0.2) is 56.5 Å². The molecule has 4 rings (SSSR count). The van der Waals surface area contributed by atoms with E-state index in [9.17, 15) is 8.42 Å². The normalized spacial score (nSPS) is 16.5. The van der Waals surface area contributed by atoms with Gasteiger partial charge in [0.05, 0.1) is 22.5 Å². The van der Waals surface area contributed by atoms with E-state index in [1.807, 2.05) is 0 Å². The summed E-state index contributed by atoms with van der Waals surface area (Å²) in [5, 5.41) is 3.94. The fraction of sp³-hybridized carbons (Fsp3) is 0.294. The van der Waals surface area contributed by atoms with Crippen molar-refractivity contribution in [3.8, 4) is 11.7 Å². The summed E-state index contributed by atoms with van der Waals surface area (Å²) in [7, 11) is -3.50. The first-order valence-corrected chi connectivity index (χ1v) is 9.61. The molecule has 8 heteroatoms. The molecule has 0 spiro atoms. The lowest BCUT2D eigenvalue weighted by Crippen LogP contribution is -2.44. The molecule has 0 radical (unpaired) electrons. The van der Waals surface area contributed by atoms with Crippen LogP contribution >= 0.6 is 0 Å². The van der Waals surface area contributed by atoms with Crippen molar-refractivity contribution >= 4 is 9.84 Å². The topological polar surface area (TPSA) is 112 Å². The average molecular weight is 359 g/mol. The van der Waals surface area contributed by atoms with Crippen molar-refractivity contribution < 1.29 is 17.4 Å². The van der Waals surface area contributed by atoms with Crippen LogP contribution in [0.1, 0.15) is 30.7 Å².